The van der Waals surface area contributed by atoms with Crippen molar-refractivity contribution in [2.45, 2.75) is 20.7 Å². The van der Waals surface area contributed by atoms with E-state index in [2.05, 4.69) is 97.8 Å². The summed E-state index contributed by atoms with van der Waals surface area (Å²) in [6.07, 6.45) is 2.22. The normalized spacial score (nSPS) is 13.6. The van der Waals surface area contributed by atoms with Gasteiger partial charge in [-0.15, -0.1) is 0 Å². The Balaban J connectivity index is 1.70. The molecule has 0 unspecified atom stereocenters. The number of anilines is 2. The number of pyridine rings is 1. The molecule has 29 heavy (non-hydrogen) atoms. The van der Waals surface area contributed by atoms with Crippen LogP contribution < -0.4 is 9.38 Å². The molecular weight excluding hydrogens is 355 g/mol. The molecular formula is C25H24BN2O+. The van der Waals surface area contributed by atoms with Gasteiger partial charge < -0.3 is 4.42 Å². The second-order valence-corrected chi connectivity index (χ2v) is 7.94. The Labute approximate surface area is 172 Å². The fraction of sp³-hybridized carbons (Fsp3) is 0.160. The molecule has 2 aromatic heterocycles. The third kappa shape index (κ3) is 2.79. The first kappa shape index (κ1) is 17.8. The number of hydrogen-bond acceptors (Lipinski definition) is 2. The molecule has 0 spiro atoms. The van der Waals surface area contributed by atoms with Crippen molar-refractivity contribution in [2.24, 2.45) is 7.05 Å². The number of aryl methyl sites for hydroxylation is 2. The van der Waals surface area contributed by atoms with E-state index in [0.29, 0.717) is 0 Å². The number of nitrogens with zero attached hydrogens (tertiary/aromatic N) is 2. The quantitative estimate of drug-likeness (QED) is 0.317. The number of fused-ring (bicyclic) bond motifs is 3. The Morgan fingerprint density at radius 1 is 0.966 bits per heavy atom. The van der Waals surface area contributed by atoms with Gasteiger partial charge in [0, 0.05) is 17.0 Å². The number of aromatic nitrogens is 1. The number of benzene rings is 2. The Morgan fingerprint density at radius 3 is 2.48 bits per heavy atom. The zero-order valence-electron chi connectivity index (χ0n) is 17.3. The molecule has 0 aliphatic carbocycles. The fourth-order valence-corrected chi connectivity index (χ4v) is 4.49. The average molecular weight is 379 g/mol. The summed E-state index contributed by atoms with van der Waals surface area (Å²) in [5, 5.41) is 1.17. The second kappa shape index (κ2) is 6.66. The van der Waals surface area contributed by atoms with E-state index in [1.54, 1.807) is 0 Å². The van der Waals surface area contributed by atoms with Crippen molar-refractivity contribution < 1.29 is 8.98 Å². The monoisotopic (exact) mass is 379 g/mol. The predicted molar refractivity (Wildman–Crippen MR) is 121 cm³/mol. The standard InChI is InChI=1S/C25H24BN2O/c1-17-14-23(27(4)16-21(17)19-10-6-5-7-11-19)28-25-24(18(2)15-26(28)3)20-12-8-9-13-22(20)29-25/h5-16H,1-4H3/q+1. The first-order valence-electron chi connectivity index (χ1n) is 10.1. The second-order valence-electron chi connectivity index (χ2n) is 7.94. The molecule has 0 saturated carbocycles. The molecule has 142 valence electrons. The van der Waals surface area contributed by atoms with Gasteiger partial charge in [-0.1, -0.05) is 54.5 Å². The van der Waals surface area contributed by atoms with Gasteiger partial charge in [-0.3, -0.25) is 4.81 Å². The first-order valence-corrected chi connectivity index (χ1v) is 10.1. The van der Waals surface area contributed by atoms with Crippen molar-refractivity contribution in [3.05, 3.63) is 84.0 Å². The molecule has 0 amide bonds. The predicted octanol–water partition coefficient (Wildman–Crippen LogP) is 5.95. The Kier molecular flexibility index (Phi) is 4.09. The summed E-state index contributed by atoms with van der Waals surface area (Å²) in [6, 6.07) is 21.1. The molecule has 4 aromatic rings. The van der Waals surface area contributed by atoms with Crippen LogP contribution in [-0.4, -0.2) is 6.85 Å². The van der Waals surface area contributed by atoms with Crippen molar-refractivity contribution in [3.8, 4) is 11.1 Å². The molecule has 5 rings (SSSR count). The van der Waals surface area contributed by atoms with Gasteiger partial charge in [-0.2, -0.15) is 0 Å². The summed E-state index contributed by atoms with van der Waals surface area (Å²) < 4.78 is 8.59. The van der Waals surface area contributed by atoms with Crippen LogP contribution in [0.25, 0.3) is 27.7 Å². The van der Waals surface area contributed by atoms with Crippen LogP contribution >= 0.6 is 0 Å². The lowest BCUT2D eigenvalue weighted by Crippen LogP contribution is -2.44. The largest absolute Gasteiger partial charge is 0.423 e. The highest BCUT2D eigenvalue weighted by atomic mass is 16.4. The van der Waals surface area contributed by atoms with Gasteiger partial charge in [0.25, 0.3) is 11.7 Å². The number of furan rings is 1. The van der Waals surface area contributed by atoms with Gasteiger partial charge in [0.1, 0.15) is 5.58 Å². The minimum Gasteiger partial charge on any atom is -0.423 e. The first-order chi connectivity index (χ1) is 14.0. The van der Waals surface area contributed by atoms with E-state index in [9.17, 15) is 0 Å². The van der Waals surface area contributed by atoms with E-state index in [1.165, 1.54) is 33.2 Å². The molecule has 0 radical (unpaired) electrons. The van der Waals surface area contributed by atoms with E-state index in [0.717, 1.165) is 17.3 Å². The van der Waals surface area contributed by atoms with Crippen LogP contribution in [0.3, 0.4) is 0 Å². The molecule has 4 heteroatoms. The van der Waals surface area contributed by atoms with Crippen LogP contribution in [-0.2, 0) is 7.05 Å². The number of para-hydroxylation sites is 1. The van der Waals surface area contributed by atoms with Crippen molar-refractivity contribution in [2.75, 3.05) is 4.81 Å². The molecule has 1 aliphatic rings. The minimum absolute atomic E-state index is 0.205. The average Bonchev–Trinajstić information content (AvgIpc) is 3.10. The summed E-state index contributed by atoms with van der Waals surface area (Å²) in [4.78, 5) is 2.31. The third-order valence-corrected chi connectivity index (χ3v) is 5.87. The lowest BCUT2D eigenvalue weighted by Gasteiger charge is -2.25. The summed E-state index contributed by atoms with van der Waals surface area (Å²) >= 11 is 0. The van der Waals surface area contributed by atoms with Crippen molar-refractivity contribution in [1.82, 2.24) is 0 Å². The van der Waals surface area contributed by atoms with Gasteiger partial charge in [-0.05, 0) is 43.4 Å². The molecule has 3 nitrogen and oxygen atoms in total. The van der Waals surface area contributed by atoms with Crippen LogP contribution in [0.2, 0.25) is 6.82 Å². The molecule has 3 heterocycles. The highest BCUT2D eigenvalue weighted by Crippen LogP contribution is 2.43. The number of rotatable bonds is 2. The maximum Gasteiger partial charge on any atom is 0.406 e. The smallest absolute Gasteiger partial charge is 0.406 e. The van der Waals surface area contributed by atoms with Crippen LogP contribution in [0.1, 0.15) is 18.1 Å². The molecule has 0 saturated heterocycles. The Morgan fingerprint density at radius 2 is 1.69 bits per heavy atom. The highest BCUT2D eigenvalue weighted by molar-refractivity contribution is 6.70. The highest BCUT2D eigenvalue weighted by Gasteiger charge is 2.39. The lowest BCUT2D eigenvalue weighted by atomic mass is 9.59. The maximum absolute atomic E-state index is 6.38. The SMILES string of the molecule is CB1C=C(C)c2c(oc3ccccc23)N1c1cc(C)c(-c2ccccc2)c[n+]1C. The molecule has 2 aromatic carbocycles. The summed E-state index contributed by atoms with van der Waals surface area (Å²) in [5.41, 5.74) is 7.14. The minimum atomic E-state index is 0.205. The van der Waals surface area contributed by atoms with Crippen molar-refractivity contribution >= 4 is 35.1 Å². The van der Waals surface area contributed by atoms with Gasteiger partial charge in [0.05, 0.1) is 18.8 Å². The molecule has 1 aliphatic heterocycles. The van der Waals surface area contributed by atoms with Gasteiger partial charge in [0.15, 0.2) is 0 Å². The number of hydrogen-bond donors (Lipinski definition) is 0. The summed E-state index contributed by atoms with van der Waals surface area (Å²) in [6.45, 7) is 6.79. The van der Waals surface area contributed by atoms with Crippen molar-refractivity contribution in [1.29, 1.82) is 0 Å². The molecule has 0 N–H and O–H groups in total. The molecule has 0 bridgehead atoms. The van der Waals surface area contributed by atoms with Gasteiger partial charge in [-0.25, -0.2) is 4.57 Å². The summed E-state index contributed by atoms with van der Waals surface area (Å²) in [5.74, 6) is 4.38. The van der Waals surface area contributed by atoms with E-state index in [-0.39, 0.29) is 6.85 Å². The third-order valence-electron chi connectivity index (χ3n) is 5.87. The van der Waals surface area contributed by atoms with Gasteiger partial charge in [0.2, 0.25) is 0 Å². The Bertz CT molecular complexity index is 1260. The fourth-order valence-electron chi connectivity index (χ4n) is 4.49. The van der Waals surface area contributed by atoms with E-state index in [1.807, 2.05) is 12.1 Å². The molecule has 0 fully saturated rings. The topological polar surface area (TPSA) is 20.3 Å². The number of allylic oxidation sites excluding steroid dienone is 1. The van der Waals surface area contributed by atoms with E-state index < -0.39 is 0 Å². The van der Waals surface area contributed by atoms with E-state index >= 15 is 0 Å². The van der Waals surface area contributed by atoms with Gasteiger partial charge >= 0.3 is 6.85 Å². The zero-order chi connectivity index (χ0) is 20.1. The lowest BCUT2D eigenvalue weighted by molar-refractivity contribution is -0.657. The van der Waals surface area contributed by atoms with Crippen molar-refractivity contribution in [3.63, 3.8) is 0 Å². The van der Waals surface area contributed by atoms with Crippen LogP contribution in [0.15, 0.2) is 77.3 Å². The summed E-state index contributed by atoms with van der Waals surface area (Å²) in [7, 11) is 2.11. The Hall–Kier alpha value is -3.27. The zero-order valence-corrected chi connectivity index (χ0v) is 17.3. The van der Waals surface area contributed by atoms with Crippen LogP contribution in [0.5, 0.6) is 0 Å². The maximum atomic E-state index is 6.38. The van der Waals surface area contributed by atoms with E-state index in [4.69, 9.17) is 4.42 Å². The van der Waals surface area contributed by atoms with Crippen LogP contribution in [0.4, 0.5) is 11.7 Å². The van der Waals surface area contributed by atoms with Crippen LogP contribution in [0, 0.1) is 6.92 Å². The molecule has 0 atom stereocenters.